The fourth-order valence-electron chi connectivity index (χ4n) is 2.47. The van der Waals surface area contributed by atoms with Gasteiger partial charge in [0.05, 0.1) is 5.60 Å². The molecule has 100 valence electrons. The van der Waals surface area contributed by atoms with Gasteiger partial charge in [0.25, 0.3) is 0 Å². The van der Waals surface area contributed by atoms with Crippen molar-refractivity contribution >= 4 is 21.6 Å². The van der Waals surface area contributed by atoms with Gasteiger partial charge in [-0.15, -0.1) is 0 Å². The summed E-state index contributed by atoms with van der Waals surface area (Å²) in [7, 11) is 0. The van der Waals surface area contributed by atoms with Crippen LogP contribution in [0.2, 0.25) is 0 Å². The molecule has 2 atom stereocenters. The van der Waals surface area contributed by atoms with E-state index < -0.39 is 0 Å². The summed E-state index contributed by atoms with van der Waals surface area (Å²) in [5, 5.41) is 3.67. The maximum Gasteiger partial charge on any atom is 0.0671 e. The molecule has 0 bridgehead atoms. The van der Waals surface area contributed by atoms with Gasteiger partial charge in [-0.3, -0.25) is 0 Å². The Hall–Kier alpha value is -0.540. The average molecular weight is 312 g/mol. The van der Waals surface area contributed by atoms with Crippen LogP contribution >= 0.6 is 15.9 Å². The van der Waals surface area contributed by atoms with E-state index in [0.29, 0.717) is 6.04 Å². The van der Waals surface area contributed by atoms with Crippen LogP contribution in [-0.2, 0) is 4.74 Å². The molecule has 0 spiro atoms. The number of halogens is 1. The Morgan fingerprint density at radius 2 is 2.28 bits per heavy atom. The van der Waals surface area contributed by atoms with Crippen molar-refractivity contribution in [3.05, 3.63) is 28.2 Å². The Kier molecular flexibility index (Phi) is 4.33. The van der Waals surface area contributed by atoms with Crippen molar-refractivity contribution in [1.82, 2.24) is 0 Å². The van der Waals surface area contributed by atoms with Crippen molar-refractivity contribution in [3.63, 3.8) is 0 Å². The van der Waals surface area contributed by atoms with Crippen LogP contribution in [0.5, 0.6) is 0 Å². The zero-order valence-electron chi connectivity index (χ0n) is 11.4. The normalized spacial score (nSPS) is 28.1. The van der Waals surface area contributed by atoms with Crippen LogP contribution in [0.1, 0.15) is 38.7 Å². The third kappa shape index (κ3) is 3.27. The summed E-state index contributed by atoms with van der Waals surface area (Å²) in [4.78, 5) is 0. The van der Waals surface area contributed by atoms with Crippen LogP contribution < -0.4 is 5.32 Å². The van der Waals surface area contributed by atoms with E-state index in [9.17, 15) is 0 Å². The Morgan fingerprint density at radius 3 is 3.00 bits per heavy atom. The standard InChI is InChI=1S/C15H22BrNO/c1-4-15(3)10-13(7-8-18-15)17-14-9-12(16)6-5-11(14)2/h5-6,9,13,17H,4,7-8,10H2,1-3H3. The first-order chi connectivity index (χ1) is 8.52. The van der Waals surface area contributed by atoms with Crippen molar-refractivity contribution in [3.8, 4) is 0 Å². The Bertz CT molecular complexity index is 421. The van der Waals surface area contributed by atoms with Gasteiger partial charge in [0.2, 0.25) is 0 Å². The first kappa shape index (κ1) is 13.9. The summed E-state index contributed by atoms with van der Waals surface area (Å²) >= 11 is 3.53. The minimum absolute atomic E-state index is 0.0375. The molecule has 2 rings (SSSR count). The minimum Gasteiger partial charge on any atom is -0.382 e. The van der Waals surface area contributed by atoms with Crippen molar-refractivity contribution in [1.29, 1.82) is 0 Å². The van der Waals surface area contributed by atoms with Crippen LogP contribution in [0.25, 0.3) is 0 Å². The lowest BCUT2D eigenvalue weighted by molar-refractivity contribution is -0.0708. The summed E-state index contributed by atoms with van der Waals surface area (Å²) in [6.45, 7) is 7.42. The number of anilines is 1. The van der Waals surface area contributed by atoms with Gasteiger partial charge in [-0.1, -0.05) is 28.9 Å². The lowest BCUT2D eigenvalue weighted by atomic mass is 9.89. The number of hydrogen-bond donors (Lipinski definition) is 1. The van der Waals surface area contributed by atoms with Crippen molar-refractivity contribution in [2.45, 2.75) is 51.7 Å². The summed E-state index contributed by atoms with van der Waals surface area (Å²) < 4.78 is 7.01. The lowest BCUT2D eigenvalue weighted by Crippen LogP contribution is -2.41. The Morgan fingerprint density at radius 1 is 1.50 bits per heavy atom. The molecule has 0 radical (unpaired) electrons. The second-order valence-corrected chi connectivity index (χ2v) is 6.36. The third-order valence-corrected chi connectivity index (χ3v) is 4.40. The van der Waals surface area contributed by atoms with E-state index in [1.54, 1.807) is 0 Å². The molecule has 1 aromatic carbocycles. The molecule has 1 aliphatic rings. The molecule has 18 heavy (non-hydrogen) atoms. The van der Waals surface area contributed by atoms with E-state index in [1.165, 1.54) is 11.3 Å². The fourth-order valence-corrected chi connectivity index (χ4v) is 2.83. The highest BCUT2D eigenvalue weighted by Gasteiger charge is 2.31. The van der Waals surface area contributed by atoms with Gasteiger partial charge < -0.3 is 10.1 Å². The van der Waals surface area contributed by atoms with Crippen LogP contribution in [0.4, 0.5) is 5.69 Å². The van der Waals surface area contributed by atoms with E-state index >= 15 is 0 Å². The Labute approximate surface area is 118 Å². The van der Waals surface area contributed by atoms with E-state index in [1.807, 2.05) is 0 Å². The zero-order valence-corrected chi connectivity index (χ0v) is 13.0. The summed E-state index contributed by atoms with van der Waals surface area (Å²) in [5.74, 6) is 0. The topological polar surface area (TPSA) is 21.3 Å². The summed E-state index contributed by atoms with van der Waals surface area (Å²) in [6, 6.07) is 6.90. The molecule has 0 aromatic heterocycles. The molecule has 1 heterocycles. The number of aryl methyl sites for hydroxylation is 1. The van der Waals surface area contributed by atoms with E-state index in [-0.39, 0.29) is 5.60 Å². The summed E-state index contributed by atoms with van der Waals surface area (Å²) in [5.41, 5.74) is 2.56. The first-order valence-electron chi connectivity index (χ1n) is 6.69. The van der Waals surface area contributed by atoms with E-state index in [0.717, 1.165) is 30.3 Å². The largest absolute Gasteiger partial charge is 0.382 e. The van der Waals surface area contributed by atoms with Gasteiger partial charge >= 0.3 is 0 Å². The van der Waals surface area contributed by atoms with E-state index in [2.05, 4.69) is 60.2 Å². The third-order valence-electron chi connectivity index (χ3n) is 3.90. The minimum atomic E-state index is 0.0375. The maximum absolute atomic E-state index is 5.89. The zero-order chi connectivity index (χ0) is 13.2. The van der Waals surface area contributed by atoms with Crippen LogP contribution in [0.3, 0.4) is 0 Å². The molecule has 2 nitrogen and oxygen atoms in total. The molecule has 1 saturated heterocycles. The molecule has 0 saturated carbocycles. The highest BCUT2D eigenvalue weighted by molar-refractivity contribution is 9.10. The van der Waals surface area contributed by atoms with Crippen molar-refractivity contribution in [2.75, 3.05) is 11.9 Å². The molecule has 1 aromatic rings. The monoisotopic (exact) mass is 311 g/mol. The highest BCUT2D eigenvalue weighted by Crippen LogP contribution is 2.30. The fraction of sp³-hybridized carbons (Fsp3) is 0.600. The number of benzene rings is 1. The van der Waals surface area contributed by atoms with Crippen molar-refractivity contribution in [2.24, 2.45) is 0 Å². The SMILES string of the molecule is CCC1(C)CC(Nc2cc(Br)ccc2C)CCO1. The van der Waals surface area contributed by atoms with Crippen molar-refractivity contribution < 1.29 is 4.74 Å². The van der Waals surface area contributed by atoms with E-state index in [4.69, 9.17) is 4.74 Å². The quantitative estimate of drug-likeness (QED) is 0.886. The van der Waals surface area contributed by atoms with Gasteiger partial charge in [0.15, 0.2) is 0 Å². The molecular weight excluding hydrogens is 290 g/mol. The van der Waals surface area contributed by atoms with Gasteiger partial charge in [-0.2, -0.15) is 0 Å². The first-order valence-corrected chi connectivity index (χ1v) is 7.48. The Balaban J connectivity index is 2.07. The van der Waals surface area contributed by atoms with Crippen LogP contribution in [0.15, 0.2) is 22.7 Å². The average Bonchev–Trinajstić information content (AvgIpc) is 2.34. The second kappa shape index (κ2) is 5.62. The number of rotatable bonds is 3. The predicted octanol–water partition coefficient (Wildman–Crippen LogP) is 4.52. The van der Waals surface area contributed by atoms with Crippen LogP contribution in [-0.4, -0.2) is 18.2 Å². The second-order valence-electron chi connectivity index (χ2n) is 5.45. The molecule has 2 unspecified atom stereocenters. The number of ether oxygens (including phenoxy) is 1. The maximum atomic E-state index is 5.89. The molecule has 3 heteroatoms. The summed E-state index contributed by atoms with van der Waals surface area (Å²) in [6.07, 6.45) is 3.24. The molecule has 1 fully saturated rings. The molecule has 1 N–H and O–H groups in total. The van der Waals surface area contributed by atoms with Gasteiger partial charge in [0, 0.05) is 22.8 Å². The molecule has 0 amide bonds. The number of hydrogen-bond acceptors (Lipinski definition) is 2. The van der Waals surface area contributed by atoms with Gasteiger partial charge in [0.1, 0.15) is 0 Å². The molecule has 0 aliphatic carbocycles. The smallest absolute Gasteiger partial charge is 0.0671 e. The molecular formula is C15H22BrNO. The highest BCUT2D eigenvalue weighted by atomic mass is 79.9. The predicted molar refractivity (Wildman–Crippen MR) is 80.2 cm³/mol. The van der Waals surface area contributed by atoms with Gasteiger partial charge in [-0.25, -0.2) is 0 Å². The van der Waals surface area contributed by atoms with Crippen LogP contribution in [0, 0.1) is 6.92 Å². The molecule has 1 aliphatic heterocycles. The lowest BCUT2D eigenvalue weighted by Gasteiger charge is -2.38. The van der Waals surface area contributed by atoms with Gasteiger partial charge in [-0.05, 0) is 50.8 Å². The number of nitrogens with one attached hydrogen (secondary N) is 1.